The molecule has 0 saturated carbocycles. The first-order valence-corrected chi connectivity index (χ1v) is 3.19. The van der Waals surface area contributed by atoms with Gasteiger partial charge >= 0.3 is 0 Å². The van der Waals surface area contributed by atoms with Gasteiger partial charge in [-0.1, -0.05) is 12.8 Å². The molecule has 0 radical (unpaired) electrons. The van der Waals surface area contributed by atoms with Crippen molar-refractivity contribution in [1.29, 1.82) is 0 Å². The largest absolute Gasteiger partial charge is 0.394 e. The summed E-state index contributed by atoms with van der Waals surface area (Å²) in [5, 5.41) is 0. The third-order valence-corrected chi connectivity index (χ3v) is 1.46. The maximum absolute atomic E-state index is 10.9. The van der Waals surface area contributed by atoms with E-state index in [-0.39, 0.29) is 11.2 Å². The lowest BCUT2D eigenvalue weighted by Crippen LogP contribution is -2.16. The van der Waals surface area contributed by atoms with E-state index in [2.05, 4.69) is 12.8 Å². The van der Waals surface area contributed by atoms with Crippen LogP contribution in [0, 0.1) is 6.92 Å². The van der Waals surface area contributed by atoms with Crippen LogP contribution >= 0.6 is 12.8 Å². The molecular weight excluding hydrogens is 148 g/mol. The first kappa shape index (κ1) is 7.21. The second-order valence-electron chi connectivity index (χ2n) is 2.12. The molecule has 54 valence electrons. The number of hydrogen-bond acceptors (Lipinski definition) is 3. The third kappa shape index (κ3) is 1.16. The van der Waals surface area contributed by atoms with E-state index in [4.69, 9.17) is 5.73 Å². The van der Waals surface area contributed by atoms with Gasteiger partial charge in [0, 0.05) is 6.20 Å². The highest BCUT2D eigenvalue weighted by molar-refractivity contribution is 7.78. The summed E-state index contributed by atoms with van der Waals surface area (Å²) in [6.07, 6.45) is 1.61. The van der Waals surface area contributed by atoms with Crippen molar-refractivity contribution in [3.63, 3.8) is 0 Å². The zero-order valence-electron chi connectivity index (χ0n) is 5.53. The zero-order chi connectivity index (χ0) is 7.72. The molecule has 0 atom stereocenters. The molecule has 0 aromatic carbocycles. The Morgan fingerprint density at radius 2 is 2.30 bits per heavy atom. The molecule has 1 heterocycles. The van der Waals surface area contributed by atoms with Gasteiger partial charge < -0.3 is 5.73 Å². The van der Waals surface area contributed by atoms with Crippen molar-refractivity contribution in [1.82, 2.24) is 3.97 Å². The molecule has 10 heavy (non-hydrogen) atoms. The summed E-state index contributed by atoms with van der Waals surface area (Å²) < 4.78 is 1.17. The van der Waals surface area contributed by atoms with Crippen LogP contribution in [0.1, 0.15) is 5.56 Å². The van der Waals surface area contributed by atoms with E-state index in [1.54, 1.807) is 12.3 Å². The molecule has 0 aliphatic rings. The van der Waals surface area contributed by atoms with Crippen LogP contribution in [0.15, 0.2) is 17.1 Å². The Bertz CT molecular complexity index is 279. The molecule has 0 saturated heterocycles. The van der Waals surface area contributed by atoms with Crippen LogP contribution in [0.2, 0.25) is 0 Å². The Morgan fingerprint density at radius 3 is 2.80 bits per heavy atom. The summed E-state index contributed by atoms with van der Waals surface area (Å²) in [6, 6.07) is 1.62. The van der Waals surface area contributed by atoms with Crippen molar-refractivity contribution in [2.75, 3.05) is 5.73 Å². The average molecular weight is 156 g/mol. The van der Waals surface area contributed by atoms with Gasteiger partial charge in [-0.15, -0.1) is 0 Å². The topological polar surface area (TPSA) is 48.0 Å². The van der Waals surface area contributed by atoms with E-state index in [9.17, 15) is 4.79 Å². The van der Waals surface area contributed by atoms with Gasteiger partial charge in [-0.05, 0) is 18.6 Å². The summed E-state index contributed by atoms with van der Waals surface area (Å²) in [4.78, 5) is 10.9. The number of pyridine rings is 1. The number of nitrogens with two attached hydrogens (primary N) is 1. The van der Waals surface area contributed by atoms with Crippen molar-refractivity contribution < 1.29 is 0 Å². The molecule has 1 aromatic heterocycles. The fourth-order valence-electron chi connectivity index (χ4n) is 0.728. The fraction of sp³-hybridized carbons (Fsp3) is 0.167. The van der Waals surface area contributed by atoms with E-state index in [1.807, 2.05) is 6.92 Å². The molecule has 0 aliphatic heterocycles. The lowest BCUT2D eigenvalue weighted by molar-refractivity contribution is 1.14. The predicted octanol–water partition coefficient (Wildman–Crippen LogP) is 0.432. The van der Waals surface area contributed by atoms with Gasteiger partial charge in [0.05, 0.1) is 5.69 Å². The van der Waals surface area contributed by atoms with Gasteiger partial charge in [-0.25, -0.2) is 0 Å². The molecular formula is C6H8N2OS. The standard InChI is InChI=1S/C6H8N2OS/c1-4-2-5(7)6(9)8(10)3-4/h2-3,10H,7H2,1H3. The number of nitrogens with zero attached hydrogens (tertiary/aromatic N) is 1. The van der Waals surface area contributed by atoms with Gasteiger partial charge in [0.25, 0.3) is 5.56 Å². The van der Waals surface area contributed by atoms with Gasteiger partial charge in [-0.3, -0.25) is 8.77 Å². The van der Waals surface area contributed by atoms with Crippen molar-refractivity contribution in [2.24, 2.45) is 0 Å². The molecule has 1 rings (SSSR count). The highest BCUT2D eigenvalue weighted by Crippen LogP contribution is 1.99. The zero-order valence-corrected chi connectivity index (χ0v) is 6.43. The van der Waals surface area contributed by atoms with Crippen LogP contribution in [-0.2, 0) is 0 Å². The van der Waals surface area contributed by atoms with Gasteiger partial charge in [0.2, 0.25) is 0 Å². The van der Waals surface area contributed by atoms with Crippen molar-refractivity contribution in [2.45, 2.75) is 6.92 Å². The minimum atomic E-state index is -0.270. The summed E-state index contributed by atoms with van der Waals surface area (Å²) in [5.74, 6) is 0. The SMILES string of the molecule is Cc1cc(N)c(=O)n(S)c1. The third-order valence-electron chi connectivity index (χ3n) is 1.16. The van der Waals surface area contributed by atoms with Gasteiger partial charge in [-0.2, -0.15) is 0 Å². The van der Waals surface area contributed by atoms with Crippen molar-refractivity contribution in [3.05, 3.63) is 28.2 Å². The van der Waals surface area contributed by atoms with Crippen LogP contribution in [0.4, 0.5) is 5.69 Å². The fourth-order valence-corrected chi connectivity index (χ4v) is 1.03. The number of aromatic nitrogens is 1. The second-order valence-corrected chi connectivity index (χ2v) is 2.55. The number of anilines is 1. The van der Waals surface area contributed by atoms with Crippen LogP contribution in [-0.4, -0.2) is 3.97 Å². The number of thiol groups is 1. The van der Waals surface area contributed by atoms with Crippen LogP contribution in [0.3, 0.4) is 0 Å². The Balaban J connectivity index is 3.46. The summed E-state index contributed by atoms with van der Waals surface area (Å²) >= 11 is 3.86. The highest BCUT2D eigenvalue weighted by Gasteiger charge is 1.96. The quantitative estimate of drug-likeness (QED) is 0.535. The maximum Gasteiger partial charge on any atom is 0.283 e. The van der Waals surface area contributed by atoms with E-state index in [0.717, 1.165) is 5.56 Å². The second kappa shape index (κ2) is 2.38. The van der Waals surface area contributed by atoms with E-state index in [0.29, 0.717) is 0 Å². The van der Waals surface area contributed by atoms with Gasteiger partial charge in [0.1, 0.15) is 0 Å². The normalized spacial score (nSPS) is 9.80. The maximum atomic E-state index is 10.9. The molecule has 0 bridgehead atoms. The number of rotatable bonds is 0. The molecule has 1 aromatic rings. The molecule has 3 nitrogen and oxygen atoms in total. The molecule has 2 N–H and O–H groups in total. The monoisotopic (exact) mass is 156 g/mol. The molecule has 0 amide bonds. The van der Waals surface area contributed by atoms with Crippen LogP contribution < -0.4 is 11.3 Å². The Hall–Kier alpha value is -0.900. The minimum Gasteiger partial charge on any atom is -0.394 e. The minimum absolute atomic E-state index is 0.231. The molecule has 0 unspecified atom stereocenters. The van der Waals surface area contributed by atoms with E-state index < -0.39 is 0 Å². The molecule has 0 fully saturated rings. The first-order chi connectivity index (χ1) is 4.61. The molecule has 4 heteroatoms. The van der Waals surface area contributed by atoms with Crippen molar-refractivity contribution in [3.8, 4) is 0 Å². The summed E-state index contributed by atoms with van der Waals surface area (Å²) in [7, 11) is 0. The van der Waals surface area contributed by atoms with Crippen molar-refractivity contribution >= 4 is 18.5 Å². The predicted molar refractivity (Wildman–Crippen MR) is 44.2 cm³/mol. The molecule has 0 spiro atoms. The van der Waals surface area contributed by atoms with E-state index in [1.165, 1.54) is 3.97 Å². The Morgan fingerprint density at radius 1 is 1.70 bits per heavy atom. The highest BCUT2D eigenvalue weighted by atomic mass is 32.1. The average Bonchev–Trinajstić information content (AvgIpc) is 1.82. The lowest BCUT2D eigenvalue weighted by atomic mass is 10.3. The van der Waals surface area contributed by atoms with E-state index >= 15 is 0 Å². The number of nitrogen functional groups attached to an aromatic ring is 1. The van der Waals surface area contributed by atoms with Gasteiger partial charge in [0.15, 0.2) is 0 Å². The lowest BCUT2D eigenvalue weighted by Gasteiger charge is -1.98. The smallest absolute Gasteiger partial charge is 0.283 e. The molecule has 0 aliphatic carbocycles. The number of aryl methyl sites for hydroxylation is 1. The summed E-state index contributed by atoms with van der Waals surface area (Å²) in [6.45, 7) is 1.85. The first-order valence-electron chi connectivity index (χ1n) is 2.79. The summed E-state index contributed by atoms with van der Waals surface area (Å²) in [5.41, 5.74) is 6.22. The number of hydrogen-bond donors (Lipinski definition) is 2. The Labute approximate surface area is 64.0 Å². The van der Waals surface area contributed by atoms with Crippen LogP contribution in [0.25, 0.3) is 0 Å². The Kier molecular flexibility index (Phi) is 1.72. The van der Waals surface area contributed by atoms with Crippen LogP contribution in [0.5, 0.6) is 0 Å².